The van der Waals surface area contributed by atoms with Gasteiger partial charge in [-0.2, -0.15) is 70.2 Å². The average molecular weight is 697 g/mol. The van der Waals surface area contributed by atoms with Crippen molar-refractivity contribution in [2.24, 2.45) is 0 Å². The Hall–Kier alpha value is -3.01. The molecule has 0 aliphatic carbocycles. The molecular formula is C21H13ClF16N2O4. The third-order valence-corrected chi connectivity index (χ3v) is 4.83. The molecular weight excluding hydrogens is 684 g/mol. The Bertz CT molecular complexity index is 1240. The highest BCUT2D eigenvalue weighted by Crippen LogP contribution is 2.56. The van der Waals surface area contributed by atoms with Crippen molar-refractivity contribution in [2.45, 2.75) is 61.1 Å². The van der Waals surface area contributed by atoms with Crippen LogP contribution in [0.3, 0.4) is 0 Å². The van der Waals surface area contributed by atoms with E-state index in [1.165, 1.54) is 17.1 Å². The number of aromatic nitrogens is 2. The van der Waals surface area contributed by atoms with E-state index in [1.54, 1.807) is 6.92 Å². The molecule has 0 bridgehead atoms. The first-order valence-corrected chi connectivity index (χ1v) is 11.3. The van der Waals surface area contributed by atoms with Gasteiger partial charge in [0.1, 0.15) is 12.4 Å². The van der Waals surface area contributed by atoms with Gasteiger partial charge >= 0.3 is 48.8 Å². The Morgan fingerprint density at radius 3 is 1.61 bits per heavy atom. The number of hydrogen-bond donors (Lipinski definition) is 0. The monoisotopic (exact) mass is 696 g/mol. The van der Waals surface area contributed by atoms with E-state index in [4.69, 9.17) is 16.3 Å². The normalized spacial score (nSPS) is 15.6. The zero-order chi connectivity index (χ0) is 34.2. The SMILES string of the molecule is C[C@H](Cl)COc1cnc(-c2ccc(OC(F)C(F)(F)OC(F)(F)C(F)(F)OC(F)(F)C(F)(F)C(F)(F)C(F)(F)F)cc2)nc1. The second kappa shape index (κ2) is 12.4. The Kier molecular flexibility index (Phi) is 10.5. The van der Waals surface area contributed by atoms with Gasteiger partial charge in [-0.25, -0.2) is 19.4 Å². The van der Waals surface area contributed by atoms with Crippen molar-refractivity contribution < 1.29 is 89.2 Å². The predicted molar refractivity (Wildman–Crippen MR) is 112 cm³/mol. The summed E-state index contributed by atoms with van der Waals surface area (Å²) in [4.78, 5) is 7.78. The minimum atomic E-state index is -8.01. The number of alkyl halides is 17. The lowest BCUT2D eigenvalue weighted by atomic mass is 10.1. The van der Waals surface area contributed by atoms with Crippen LogP contribution in [0, 0.1) is 0 Å². The summed E-state index contributed by atoms with van der Waals surface area (Å²) in [6, 6.07) is 3.32. The highest BCUT2D eigenvalue weighted by atomic mass is 35.5. The molecule has 1 unspecified atom stereocenters. The van der Waals surface area contributed by atoms with Crippen LogP contribution in [0.25, 0.3) is 11.4 Å². The molecule has 23 heteroatoms. The fraction of sp³-hybridized carbons (Fsp3) is 0.524. The summed E-state index contributed by atoms with van der Waals surface area (Å²) in [6.07, 6.45) is -38.6. The van der Waals surface area contributed by atoms with Gasteiger partial charge in [-0.05, 0) is 31.2 Å². The van der Waals surface area contributed by atoms with Gasteiger partial charge in [0.05, 0.1) is 17.8 Å². The molecule has 250 valence electrons. The minimum Gasteiger partial charge on any atom is -0.489 e. The number of rotatable bonds is 14. The van der Waals surface area contributed by atoms with Gasteiger partial charge in [0.25, 0.3) is 0 Å². The van der Waals surface area contributed by atoms with Crippen LogP contribution in [0.1, 0.15) is 6.92 Å². The first-order chi connectivity index (χ1) is 19.7. The second-order valence-corrected chi connectivity index (χ2v) is 9.00. The Morgan fingerprint density at radius 1 is 0.682 bits per heavy atom. The summed E-state index contributed by atoms with van der Waals surface area (Å²) in [6.45, 7) is 1.72. The molecule has 0 fully saturated rings. The van der Waals surface area contributed by atoms with Crippen LogP contribution in [0.5, 0.6) is 11.5 Å². The Labute approximate surface area is 238 Å². The predicted octanol–water partition coefficient (Wildman–Crippen LogP) is 8.06. The molecule has 44 heavy (non-hydrogen) atoms. The number of halogens is 17. The first-order valence-electron chi connectivity index (χ1n) is 10.9. The van der Waals surface area contributed by atoms with Gasteiger partial charge in [-0.3, -0.25) is 0 Å². The molecule has 1 aromatic heterocycles. The van der Waals surface area contributed by atoms with Crippen molar-refractivity contribution >= 4 is 11.6 Å². The van der Waals surface area contributed by atoms with Crippen molar-refractivity contribution in [3.05, 3.63) is 36.7 Å². The van der Waals surface area contributed by atoms with Crippen molar-refractivity contribution in [3.63, 3.8) is 0 Å². The lowest BCUT2D eigenvalue weighted by Gasteiger charge is -2.36. The molecule has 0 saturated carbocycles. The topological polar surface area (TPSA) is 62.7 Å². The van der Waals surface area contributed by atoms with Crippen LogP contribution in [0.15, 0.2) is 36.7 Å². The van der Waals surface area contributed by atoms with Gasteiger partial charge < -0.3 is 9.47 Å². The molecule has 0 aliphatic rings. The molecule has 0 saturated heterocycles. The van der Waals surface area contributed by atoms with Gasteiger partial charge in [-0.1, -0.05) is 0 Å². The maximum Gasteiger partial charge on any atom is 0.460 e. The summed E-state index contributed by atoms with van der Waals surface area (Å²) in [5.41, 5.74) is 0.102. The molecule has 0 amide bonds. The molecule has 2 rings (SSSR count). The Balaban J connectivity index is 2.14. The van der Waals surface area contributed by atoms with E-state index >= 15 is 0 Å². The molecule has 2 atom stereocenters. The van der Waals surface area contributed by atoms with E-state index in [0.29, 0.717) is 12.1 Å². The standard InChI is InChI=1S/C21H13ClF16N2O4/c1-9(22)8-41-12-6-39-13(40-7-12)10-2-4-11(5-3-10)42-14(23)15(24,25)43-20(35,36)21(37,38)44-19(33,34)17(28,29)16(26,27)18(30,31)32/h2-7,9,14H,8H2,1H3/t9-,14?/m0/s1. The molecule has 0 radical (unpaired) electrons. The van der Waals surface area contributed by atoms with Crippen molar-refractivity contribution in [1.82, 2.24) is 9.97 Å². The summed E-state index contributed by atoms with van der Waals surface area (Å²) in [7, 11) is 0. The second-order valence-electron chi connectivity index (χ2n) is 8.26. The quantitative estimate of drug-likeness (QED) is 0.147. The van der Waals surface area contributed by atoms with E-state index in [9.17, 15) is 70.2 Å². The number of nitrogens with zero attached hydrogens (tertiary/aromatic N) is 2. The van der Waals surface area contributed by atoms with Gasteiger partial charge in [0.2, 0.25) is 0 Å². The molecule has 2 aromatic rings. The fourth-order valence-corrected chi connectivity index (χ4v) is 2.61. The van der Waals surface area contributed by atoms with Crippen LogP contribution >= 0.6 is 11.6 Å². The number of hydrogen-bond acceptors (Lipinski definition) is 6. The van der Waals surface area contributed by atoms with E-state index in [-0.39, 0.29) is 29.1 Å². The molecule has 6 nitrogen and oxygen atoms in total. The van der Waals surface area contributed by atoms with Crippen LogP contribution in [-0.4, -0.2) is 70.8 Å². The fourth-order valence-electron chi connectivity index (χ4n) is 2.54. The largest absolute Gasteiger partial charge is 0.489 e. The molecule has 0 N–H and O–H groups in total. The third-order valence-electron chi connectivity index (χ3n) is 4.70. The van der Waals surface area contributed by atoms with Crippen molar-refractivity contribution in [1.29, 1.82) is 0 Å². The smallest absolute Gasteiger partial charge is 0.460 e. The minimum absolute atomic E-state index is 0.0365. The zero-order valence-electron chi connectivity index (χ0n) is 20.8. The van der Waals surface area contributed by atoms with Crippen LogP contribution in [-0.2, 0) is 9.47 Å². The van der Waals surface area contributed by atoms with E-state index in [1.807, 2.05) is 0 Å². The maximum atomic E-state index is 13.9. The number of ether oxygens (including phenoxy) is 4. The van der Waals surface area contributed by atoms with E-state index < -0.39 is 54.6 Å². The van der Waals surface area contributed by atoms with Crippen LogP contribution in [0.2, 0.25) is 0 Å². The summed E-state index contributed by atoms with van der Waals surface area (Å²) in [5, 5.41) is -0.361. The van der Waals surface area contributed by atoms with Gasteiger partial charge in [0.15, 0.2) is 11.6 Å². The Morgan fingerprint density at radius 2 is 1.16 bits per heavy atom. The molecule has 1 aromatic carbocycles. The highest BCUT2D eigenvalue weighted by Gasteiger charge is 2.85. The first kappa shape index (κ1) is 37.2. The highest BCUT2D eigenvalue weighted by molar-refractivity contribution is 6.20. The maximum absolute atomic E-state index is 13.9. The lowest BCUT2D eigenvalue weighted by Crippen LogP contribution is -2.64. The number of benzene rings is 1. The third kappa shape index (κ3) is 7.98. The van der Waals surface area contributed by atoms with E-state index in [0.717, 1.165) is 12.1 Å². The van der Waals surface area contributed by atoms with E-state index in [2.05, 4.69) is 19.4 Å². The van der Waals surface area contributed by atoms with Crippen LogP contribution in [0.4, 0.5) is 70.2 Å². The van der Waals surface area contributed by atoms with Crippen molar-refractivity contribution in [3.8, 4) is 22.9 Å². The molecule has 0 aliphatic heterocycles. The summed E-state index contributed by atoms with van der Waals surface area (Å²) >= 11 is 5.71. The van der Waals surface area contributed by atoms with Gasteiger partial charge in [-0.15, -0.1) is 11.6 Å². The van der Waals surface area contributed by atoms with Crippen molar-refractivity contribution in [2.75, 3.05) is 6.61 Å². The average Bonchev–Trinajstić information content (AvgIpc) is 2.86. The summed E-state index contributed by atoms with van der Waals surface area (Å²) in [5.74, 6) is -16.7. The van der Waals surface area contributed by atoms with Crippen LogP contribution < -0.4 is 9.47 Å². The zero-order valence-corrected chi connectivity index (χ0v) is 21.5. The van der Waals surface area contributed by atoms with Gasteiger partial charge in [0, 0.05) is 5.56 Å². The lowest BCUT2D eigenvalue weighted by molar-refractivity contribution is -0.547. The molecule has 1 heterocycles. The summed E-state index contributed by atoms with van der Waals surface area (Å²) < 4.78 is 223. The molecule has 0 spiro atoms.